The molecule has 0 aliphatic carbocycles. The number of halogens is 2. The minimum absolute atomic E-state index is 0.437. The van der Waals surface area contributed by atoms with E-state index in [9.17, 15) is 0 Å². The zero-order valence-electron chi connectivity index (χ0n) is 9.48. The fourth-order valence-electron chi connectivity index (χ4n) is 1.52. The molecule has 17 heavy (non-hydrogen) atoms. The van der Waals surface area contributed by atoms with Gasteiger partial charge in [0, 0.05) is 19.5 Å². The van der Waals surface area contributed by atoms with Crippen LogP contribution >= 0.6 is 27.5 Å². The summed E-state index contributed by atoms with van der Waals surface area (Å²) in [7, 11) is 1.81. The number of nitrogens with zero attached hydrogens (tertiary/aromatic N) is 5. The second-order valence-electron chi connectivity index (χ2n) is 3.59. The van der Waals surface area contributed by atoms with Gasteiger partial charge in [0.15, 0.2) is 4.60 Å². The molecule has 0 saturated carbocycles. The molecule has 0 saturated heterocycles. The first-order valence-electron chi connectivity index (χ1n) is 5.20. The molecule has 0 atom stereocenters. The monoisotopic (exact) mass is 315 g/mol. The van der Waals surface area contributed by atoms with Crippen molar-refractivity contribution in [3.63, 3.8) is 0 Å². The van der Waals surface area contributed by atoms with E-state index in [-0.39, 0.29) is 0 Å². The Bertz CT molecular complexity index is 520. The standard InChI is InChI=1S/C10H11BrClN5/c1-3-4-8-13-6(5-7(12)14-8)9-10(11)15-16-17(9)2/h5H,3-4H2,1-2H3. The summed E-state index contributed by atoms with van der Waals surface area (Å²) in [5.41, 5.74) is 1.53. The molecule has 0 bridgehead atoms. The average molecular weight is 317 g/mol. The molecule has 2 aromatic rings. The van der Waals surface area contributed by atoms with Crippen LogP contribution in [-0.4, -0.2) is 25.0 Å². The van der Waals surface area contributed by atoms with Gasteiger partial charge in [-0.3, -0.25) is 0 Å². The van der Waals surface area contributed by atoms with Crippen molar-refractivity contribution in [3.8, 4) is 11.4 Å². The first kappa shape index (κ1) is 12.4. The predicted octanol–water partition coefficient (Wildman–Crippen LogP) is 2.64. The van der Waals surface area contributed by atoms with Crippen LogP contribution in [0.25, 0.3) is 11.4 Å². The summed E-state index contributed by atoms with van der Waals surface area (Å²) < 4.78 is 2.30. The number of hydrogen-bond donors (Lipinski definition) is 0. The molecule has 0 amide bonds. The molecule has 2 rings (SSSR count). The third-order valence-corrected chi connectivity index (χ3v) is 2.97. The fraction of sp³-hybridized carbons (Fsp3) is 0.400. The second-order valence-corrected chi connectivity index (χ2v) is 4.73. The van der Waals surface area contributed by atoms with Crippen molar-refractivity contribution in [1.82, 2.24) is 25.0 Å². The summed E-state index contributed by atoms with van der Waals surface area (Å²) in [6.07, 6.45) is 1.78. The van der Waals surface area contributed by atoms with Crippen LogP contribution in [0.15, 0.2) is 10.7 Å². The number of hydrogen-bond acceptors (Lipinski definition) is 4. The summed E-state index contributed by atoms with van der Waals surface area (Å²) in [5, 5.41) is 8.27. The fourth-order valence-corrected chi connectivity index (χ4v) is 2.26. The van der Waals surface area contributed by atoms with Crippen LogP contribution in [0.1, 0.15) is 19.2 Å². The first-order chi connectivity index (χ1) is 8.11. The van der Waals surface area contributed by atoms with Gasteiger partial charge in [-0.25, -0.2) is 14.6 Å². The van der Waals surface area contributed by atoms with Crippen LogP contribution in [0.4, 0.5) is 0 Å². The van der Waals surface area contributed by atoms with Gasteiger partial charge in [-0.1, -0.05) is 23.7 Å². The van der Waals surface area contributed by atoms with Crippen LogP contribution in [0, 0.1) is 0 Å². The Morgan fingerprint density at radius 1 is 1.41 bits per heavy atom. The van der Waals surface area contributed by atoms with E-state index in [4.69, 9.17) is 11.6 Å². The summed E-state index contributed by atoms with van der Waals surface area (Å²) >= 11 is 9.33. The summed E-state index contributed by atoms with van der Waals surface area (Å²) in [4.78, 5) is 8.64. The van der Waals surface area contributed by atoms with Crippen LogP contribution in [0.5, 0.6) is 0 Å². The van der Waals surface area contributed by atoms with Gasteiger partial charge in [-0.05, 0) is 22.4 Å². The van der Waals surface area contributed by atoms with Gasteiger partial charge in [-0.2, -0.15) is 0 Å². The molecule has 2 aromatic heterocycles. The molecular formula is C10H11BrClN5. The van der Waals surface area contributed by atoms with E-state index in [1.807, 2.05) is 7.05 Å². The van der Waals surface area contributed by atoms with Gasteiger partial charge in [0.1, 0.15) is 16.7 Å². The first-order valence-corrected chi connectivity index (χ1v) is 6.38. The Hall–Kier alpha value is -1.01. The van der Waals surface area contributed by atoms with E-state index in [0.29, 0.717) is 9.76 Å². The van der Waals surface area contributed by atoms with Crippen molar-refractivity contribution in [2.75, 3.05) is 0 Å². The highest BCUT2D eigenvalue weighted by atomic mass is 79.9. The van der Waals surface area contributed by atoms with E-state index in [1.165, 1.54) is 0 Å². The SMILES string of the molecule is CCCc1nc(Cl)cc(-c2c(Br)nnn2C)n1. The third-order valence-electron chi connectivity index (χ3n) is 2.24. The van der Waals surface area contributed by atoms with Crippen LogP contribution in [-0.2, 0) is 13.5 Å². The smallest absolute Gasteiger partial charge is 0.157 e. The lowest BCUT2D eigenvalue weighted by Crippen LogP contribution is -2.01. The van der Waals surface area contributed by atoms with Crippen molar-refractivity contribution < 1.29 is 0 Å². The molecule has 0 radical (unpaired) electrons. The van der Waals surface area contributed by atoms with Crippen molar-refractivity contribution in [1.29, 1.82) is 0 Å². The largest absolute Gasteiger partial charge is 0.245 e. The van der Waals surface area contributed by atoms with Crippen molar-refractivity contribution in [2.24, 2.45) is 7.05 Å². The number of rotatable bonds is 3. The maximum absolute atomic E-state index is 5.99. The van der Waals surface area contributed by atoms with Crippen molar-refractivity contribution in [3.05, 3.63) is 21.6 Å². The Balaban J connectivity index is 2.52. The normalized spacial score (nSPS) is 10.8. The quantitative estimate of drug-likeness (QED) is 0.817. The maximum Gasteiger partial charge on any atom is 0.157 e. The third kappa shape index (κ3) is 2.63. The predicted molar refractivity (Wildman–Crippen MR) is 68.7 cm³/mol. The molecule has 0 aliphatic heterocycles. The zero-order chi connectivity index (χ0) is 12.4. The van der Waals surface area contributed by atoms with E-state index in [1.54, 1.807) is 10.7 Å². The van der Waals surface area contributed by atoms with Gasteiger partial charge >= 0.3 is 0 Å². The highest BCUT2D eigenvalue weighted by molar-refractivity contribution is 9.10. The molecule has 0 unspecified atom stereocenters. The van der Waals surface area contributed by atoms with Crippen LogP contribution in [0.3, 0.4) is 0 Å². The maximum atomic E-state index is 5.99. The molecule has 0 aliphatic rings. The minimum Gasteiger partial charge on any atom is -0.245 e. The van der Waals surface area contributed by atoms with E-state index in [2.05, 4.69) is 43.1 Å². The lowest BCUT2D eigenvalue weighted by atomic mass is 10.3. The highest BCUT2D eigenvalue weighted by Crippen LogP contribution is 2.25. The summed E-state index contributed by atoms with van der Waals surface area (Å²) in [6.45, 7) is 2.07. The van der Waals surface area contributed by atoms with Gasteiger partial charge in [0.25, 0.3) is 0 Å². The molecule has 0 aromatic carbocycles. The second kappa shape index (κ2) is 5.10. The van der Waals surface area contributed by atoms with Crippen molar-refractivity contribution in [2.45, 2.75) is 19.8 Å². The Labute approximate surface area is 112 Å². The zero-order valence-corrected chi connectivity index (χ0v) is 11.8. The van der Waals surface area contributed by atoms with E-state index in [0.717, 1.165) is 30.1 Å². The lowest BCUT2D eigenvalue weighted by Gasteiger charge is -2.04. The lowest BCUT2D eigenvalue weighted by molar-refractivity contribution is 0.717. The van der Waals surface area contributed by atoms with Gasteiger partial charge < -0.3 is 0 Å². The molecule has 5 nitrogen and oxygen atoms in total. The highest BCUT2D eigenvalue weighted by Gasteiger charge is 2.14. The number of aryl methyl sites for hydroxylation is 2. The Morgan fingerprint density at radius 3 is 2.76 bits per heavy atom. The van der Waals surface area contributed by atoms with Gasteiger partial charge in [0.05, 0.1) is 5.69 Å². The minimum atomic E-state index is 0.437. The van der Waals surface area contributed by atoms with Crippen molar-refractivity contribution >= 4 is 27.5 Å². The Morgan fingerprint density at radius 2 is 2.18 bits per heavy atom. The average Bonchev–Trinajstić information content (AvgIpc) is 2.58. The Kier molecular flexibility index (Phi) is 3.73. The topological polar surface area (TPSA) is 56.5 Å². The molecule has 0 spiro atoms. The summed E-state index contributed by atoms with van der Waals surface area (Å²) in [5.74, 6) is 0.739. The molecule has 0 N–H and O–H groups in total. The van der Waals surface area contributed by atoms with E-state index < -0.39 is 0 Å². The summed E-state index contributed by atoms with van der Waals surface area (Å²) in [6, 6.07) is 1.71. The van der Waals surface area contributed by atoms with Crippen LogP contribution < -0.4 is 0 Å². The molecule has 7 heteroatoms. The number of aromatic nitrogens is 5. The van der Waals surface area contributed by atoms with Gasteiger partial charge in [0.2, 0.25) is 0 Å². The molecule has 2 heterocycles. The van der Waals surface area contributed by atoms with Crippen LogP contribution in [0.2, 0.25) is 5.15 Å². The molecule has 0 fully saturated rings. The van der Waals surface area contributed by atoms with E-state index >= 15 is 0 Å². The van der Waals surface area contributed by atoms with Gasteiger partial charge in [-0.15, -0.1) is 5.10 Å². The molecular weight excluding hydrogens is 306 g/mol. The molecule has 90 valence electrons.